The molecule has 0 unspecified atom stereocenters. The molecule has 4 nitrogen and oxygen atoms in total. The molecule has 0 aliphatic carbocycles. The van der Waals surface area contributed by atoms with Gasteiger partial charge in [0.05, 0.1) is 12.7 Å². The fraction of sp³-hybridized carbons (Fsp3) is 0.133. The molecule has 0 fully saturated rings. The van der Waals surface area contributed by atoms with E-state index < -0.39 is 5.97 Å². The average molecular weight is 337 g/mol. The molecule has 0 aliphatic heterocycles. The van der Waals surface area contributed by atoms with E-state index in [4.69, 9.17) is 14.6 Å². The van der Waals surface area contributed by atoms with Gasteiger partial charge in [-0.05, 0) is 36.4 Å². The third-order valence-corrected chi connectivity index (χ3v) is 3.25. The van der Waals surface area contributed by atoms with Gasteiger partial charge in [0.25, 0.3) is 0 Å². The number of carbonyl (C=O) groups is 1. The molecule has 1 N–H and O–H groups in total. The van der Waals surface area contributed by atoms with E-state index in [1.54, 1.807) is 49.6 Å². The Morgan fingerprint density at radius 3 is 2.40 bits per heavy atom. The van der Waals surface area contributed by atoms with Crippen molar-refractivity contribution in [2.24, 2.45) is 0 Å². The molecule has 2 aromatic rings. The van der Waals surface area contributed by atoms with Crippen LogP contribution in [0.3, 0.4) is 0 Å². The molecule has 104 valence electrons. The quantitative estimate of drug-likeness (QED) is 0.903. The fourth-order valence-corrected chi connectivity index (χ4v) is 2.07. The highest BCUT2D eigenvalue weighted by Gasteiger charge is 2.11. The topological polar surface area (TPSA) is 55.8 Å². The number of aromatic carboxylic acids is 1. The van der Waals surface area contributed by atoms with Gasteiger partial charge in [-0.3, -0.25) is 0 Å². The summed E-state index contributed by atoms with van der Waals surface area (Å²) in [7, 11) is 1.59. The summed E-state index contributed by atoms with van der Waals surface area (Å²) in [6.45, 7) is 0.196. The monoisotopic (exact) mass is 336 g/mol. The van der Waals surface area contributed by atoms with Crippen LogP contribution in [0.2, 0.25) is 0 Å². The Labute approximate surface area is 125 Å². The van der Waals surface area contributed by atoms with Crippen LogP contribution >= 0.6 is 15.9 Å². The van der Waals surface area contributed by atoms with Gasteiger partial charge in [-0.15, -0.1) is 0 Å². The van der Waals surface area contributed by atoms with Crippen molar-refractivity contribution < 1.29 is 19.4 Å². The summed E-state index contributed by atoms with van der Waals surface area (Å²) in [5, 5.41) is 9.16. The van der Waals surface area contributed by atoms with Gasteiger partial charge in [-0.25, -0.2) is 4.79 Å². The Morgan fingerprint density at radius 1 is 1.15 bits per heavy atom. The summed E-state index contributed by atoms with van der Waals surface area (Å²) >= 11 is 3.26. The highest BCUT2D eigenvalue weighted by molar-refractivity contribution is 9.10. The summed E-state index contributed by atoms with van der Waals surface area (Å²) in [4.78, 5) is 11.2. The molecule has 20 heavy (non-hydrogen) atoms. The van der Waals surface area contributed by atoms with E-state index in [-0.39, 0.29) is 12.2 Å². The summed E-state index contributed by atoms with van der Waals surface area (Å²) in [6.07, 6.45) is 0. The zero-order valence-electron chi connectivity index (χ0n) is 10.8. The Kier molecular flexibility index (Phi) is 4.63. The van der Waals surface area contributed by atoms with Gasteiger partial charge in [0, 0.05) is 10.0 Å². The first-order valence-electron chi connectivity index (χ1n) is 5.88. The highest BCUT2D eigenvalue weighted by atomic mass is 79.9. The van der Waals surface area contributed by atoms with Crippen LogP contribution in [0.4, 0.5) is 0 Å². The summed E-state index contributed by atoms with van der Waals surface area (Å²) < 4.78 is 11.4. The van der Waals surface area contributed by atoms with E-state index in [1.807, 2.05) is 0 Å². The second kappa shape index (κ2) is 6.43. The number of halogens is 1. The van der Waals surface area contributed by atoms with Crippen molar-refractivity contribution in [3.63, 3.8) is 0 Å². The molecular formula is C15H13BrO4. The third kappa shape index (κ3) is 3.51. The van der Waals surface area contributed by atoms with Crippen molar-refractivity contribution in [1.82, 2.24) is 0 Å². The number of ether oxygens (including phenoxy) is 2. The fourth-order valence-electron chi connectivity index (χ4n) is 1.71. The van der Waals surface area contributed by atoms with Crippen molar-refractivity contribution in [3.8, 4) is 11.5 Å². The molecule has 5 heteroatoms. The lowest BCUT2D eigenvalue weighted by Gasteiger charge is -2.09. The lowest BCUT2D eigenvalue weighted by Crippen LogP contribution is -2.05. The number of rotatable bonds is 5. The number of carboxylic acid groups (broad SMARTS) is 1. The molecule has 2 rings (SSSR count). The maximum atomic E-state index is 11.2. The highest BCUT2D eigenvalue weighted by Crippen LogP contribution is 2.21. The number of hydrogen-bond donors (Lipinski definition) is 1. The van der Waals surface area contributed by atoms with Gasteiger partial charge >= 0.3 is 5.97 Å². The Hall–Kier alpha value is -2.01. The van der Waals surface area contributed by atoms with Crippen LogP contribution in [-0.4, -0.2) is 18.2 Å². The minimum atomic E-state index is -0.973. The molecular weight excluding hydrogens is 324 g/mol. The Balaban J connectivity index is 2.12. The molecule has 0 radical (unpaired) electrons. The van der Waals surface area contributed by atoms with Crippen LogP contribution in [0.25, 0.3) is 0 Å². The lowest BCUT2D eigenvalue weighted by molar-refractivity contribution is 0.0694. The Bertz CT molecular complexity index is 608. The van der Waals surface area contributed by atoms with E-state index in [0.29, 0.717) is 11.3 Å². The van der Waals surface area contributed by atoms with Gasteiger partial charge in [-0.1, -0.05) is 22.0 Å². The molecule has 2 aromatic carbocycles. The second-order valence-electron chi connectivity index (χ2n) is 4.07. The van der Waals surface area contributed by atoms with E-state index >= 15 is 0 Å². The van der Waals surface area contributed by atoms with Crippen molar-refractivity contribution >= 4 is 21.9 Å². The Morgan fingerprint density at radius 2 is 1.80 bits per heavy atom. The molecule has 0 heterocycles. The first-order valence-corrected chi connectivity index (χ1v) is 6.68. The maximum absolute atomic E-state index is 11.2. The zero-order valence-corrected chi connectivity index (χ0v) is 12.4. The smallest absolute Gasteiger partial charge is 0.336 e. The van der Waals surface area contributed by atoms with E-state index in [9.17, 15) is 4.79 Å². The first-order chi connectivity index (χ1) is 9.60. The van der Waals surface area contributed by atoms with Crippen LogP contribution in [0.1, 0.15) is 15.9 Å². The number of carboxylic acids is 1. The molecule has 0 aromatic heterocycles. The van der Waals surface area contributed by atoms with Crippen LogP contribution in [0.15, 0.2) is 46.9 Å². The lowest BCUT2D eigenvalue weighted by atomic mass is 10.1. The minimum absolute atomic E-state index is 0.196. The standard InChI is InChI=1S/C15H13BrO4/c1-19-12-4-6-13(7-5-12)20-9-10-2-3-11(16)8-14(10)15(17)18/h2-8H,9H2,1H3,(H,17,18). The molecule has 0 atom stereocenters. The van der Waals surface area contributed by atoms with E-state index in [2.05, 4.69) is 15.9 Å². The van der Waals surface area contributed by atoms with E-state index in [0.717, 1.165) is 10.2 Å². The van der Waals surface area contributed by atoms with Crippen LogP contribution in [-0.2, 0) is 6.61 Å². The van der Waals surface area contributed by atoms with Crippen molar-refractivity contribution in [1.29, 1.82) is 0 Å². The zero-order chi connectivity index (χ0) is 14.5. The van der Waals surface area contributed by atoms with Gasteiger partial charge in [0.1, 0.15) is 18.1 Å². The number of benzene rings is 2. The van der Waals surface area contributed by atoms with Crippen LogP contribution in [0, 0.1) is 0 Å². The van der Waals surface area contributed by atoms with Gasteiger partial charge in [-0.2, -0.15) is 0 Å². The first kappa shape index (κ1) is 14.4. The van der Waals surface area contributed by atoms with E-state index in [1.165, 1.54) is 0 Å². The predicted molar refractivity (Wildman–Crippen MR) is 78.4 cm³/mol. The molecule has 0 bridgehead atoms. The second-order valence-corrected chi connectivity index (χ2v) is 4.99. The van der Waals surface area contributed by atoms with Crippen LogP contribution < -0.4 is 9.47 Å². The SMILES string of the molecule is COc1ccc(OCc2ccc(Br)cc2C(=O)O)cc1. The van der Waals surface area contributed by atoms with Gasteiger partial charge in [0.2, 0.25) is 0 Å². The third-order valence-electron chi connectivity index (χ3n) is 2.76. The minimum Gasteiger partial charge on any atom is -0.497 e. The summed E-state index contributed by atoms with van der Waals surface area (Å²) in [6, 6.07) is 12.2. The van der Waals surface area contributed by atoms with Crippen molar-refractivity contribution in [3.05, 3.63) is 58.1 Å². The molecule has 0 spiro atoms. The molecule has 0 aliphatic rings. The predicted octanol–water partition coefficient (Wildman–Crippen LogP) is 3.73. The van der Waals surface area contributed by atoms with Crippen molar-refractivity contribution in [2.45, 2.75) is 6.61 Å². The summed E-state index contributed by atoms with van der Waals surface area (Å²) in [5.74, 6) is 0.428. The largest absolute Gasteiger partial charge is 0.497 e. The molecule has 0 saturated carbocycles. The summed E-state index contributed by atoms with van der Waals surface area (Å²) in [5.41, 5.74) is 0.851. The average Bonchev–Trinajstić information content (AvgIpc) is 2.46. The number of methoxy groups -OCH3 is 1. The maximum Gasteiger partial charge on any atom is 0.336 e. The normalized spacial score (nSPS) is 10.1. The molecule has 0 saturated heterocycles. The van der Waals surface area contributed by atoms with Crippen LogP contribution in [0.5, 0.6) is 11.5 Å². The van der Waals surface area contributed by atoms with Crippen molar-refractivity contribution in [2.75, 3.05) is 7.11 Å². The van der Waals surface area contributed by atoms with Gasteiger partial charge < -0.3 is 14.6 Å². The van der Waals surface area contributed by atoms with Gasteiger partial charge in [0.15, 0.2) is 0 Å². The number of hydrogen-bond acceptors (Lipinski definition) is 3. The molecule has 0 amide bonds.